The number of carbonyl (C=O) groups is 1. The van der Waals surface area contributed by atoms with Gasteiger partial charge in [-0.1, -0.05) is 0 Å². The number of furan rings is 1. The van der Waals surface area contributed by atoms with Crippen LogP contribution in [0.4, 0.5) is 0 Å². The van der Waals surface area contributed by atoms with Gasteiger partial charge in [-0.05, 0) is 25.0 Å². The Hall–Kier alpha value is -1.29. The van der Waals surface area contributed by atoms with Crippen LogP contribution in [-0.2, 0) is 0 Å². The minimum atomic E-state index is -0.0389. The first-order valence-corrected chi connectivity index (χ1v) is 4.87. The number of nitrogens with two attached hydrogens (primary N) is 1. The third kappa shape index (κ3) is 1.53. The van der Waals surface area contributed by atoms with E-state index in [1.807, 2.05) is 0 Å². The third-order valence-electron chi connectivity index (χ3n) is 2.64. The van der Waals surface area contributed by atoms with Gasteiger partial charge in [-0.15, -0.1) is 0 Å². The van der Waals surface area contributed by atoms with Crippen LogP contribution in [0.5, 0.6) is 0 Å². The standard InChI is InChI=1S/C10H14N2O2/c11-7-8-3-1-5-12(8)10(13)9-4-2-6-14-9/h2,4,6,8H,1,3,5,7,11H2/t8-/m1/s1. The van der Waals surface area contributed by atoms with Crippen LogP contribution >= 0.6 is 0 Å². The highest BCUT2D eigenvalue weighted by Crippen LogP contribution is 2.19. The Morgan fingerprint density at radius 3 is 3.21 bits per heavy atom. The maximum atomic E-state index is 11.9. The molecule has 1 amide bonds. The molecule has 14 heavy (non-hydrogen) atoms. The number of carbonyl (C=O) groups excluding carboxylic acids is 1. The molecule has 0 bridgehead atoms. The Balaban J connectivity index is 2.11. The Kier molecular flexibility index (Phi) is 2.54. The van der Waals surface area contributed by atoms with Crippen molar-refractivity contribution in [1.29, 1.82) is 0 Å². The zero-order valence-corrected chi connectivity index (χ0v) is 7.98. The van der Waals surface area contributed by atoms with Crippen LogP contribution in [0, 0.1) is 0 Å². The largest absolute Gasteiger partial charge is 0.459 e. The van der Waals surface area contributed by atoms with Crippen LogP contribution in [0.15, 0.2) is 22.8 Å². The van der Waals surface area contributed by atoms with E-state index < -0.39 is 0 Å². The number of hydrogen-bond donors (Lipinski definition) is 1. The zero-order valence-electron chi connectivity index (χ0n) is 7.98. The van der Waals surface area contributed by atoms with Gasteiger partial charge in [0, 0.05) is 19.1 Å². The zero-order chi connectivity index (χ0) is 9.97. The van der Waals surface area contributed by atoms with Crippen molar-refractivity contribution in [2.45, 2.75) is 18.9 Å². The molecule has 2 heterocycles. The molecular weight excluding hydrogens is 180 g/mol. The summed E-state index contributed by atoms with van der Waals surface area (Å²) in [4.78, 5) is 13.7. The van der Waals surface area contributed by atoms with Crippen molar-refractivity contribution in [3.63, 3.8) is 0 Å². The fourth-order valence-corrected chi connectivity index (χ4v) is 1.89. The lowest BCUT2D eigenvalue weighted by Gasteiger charge is -2.22. The van der Waals surface area contributed by atoms with Crippen molar-refractivity contribution >= 4 is 5.91 Å². The molecular formula is C10H14N2O2. The summed E-state index contributed by atoms with van der Waals surface area (Å²) in [6.45, 7) is 1.33. The molecule has 76 valence electrons. The summed E-state index contributed by atoms with van der Waals surface area (Å²) >= 11 is 0. The van der Waals surface area contributed by atoms with Crippen molar-refractivity contribution in [2.75, 3.05) is 13.1 Å². The minimum absolute atomic E-state index is 0.0389. The van der Waals surface area contributed by atoms with Crippen LogP contribution in [0.3, 0.4) is 0 Å². The van der Waals surface area contributed by atoms with Gasteiger partial charge in [0.15, 0.2) is 5.76 Å². The fraction of sp³-hybridized carbons (Fsp3) is 0.500. The lowest BCUT2D eigenvalue weighted by Crippen LogP contribution is -2.39. The first kappa shape index (κ1) is 9.27. The van der Waals surface area contributed by atoms with Crippen molar-refractivity contribution in [3.8, 4) is 0 Å². The number of likely N-dealkylation sites (tertiary alicyclic amines) is 1. The quantitative estimate of drug-likeness (QED) is 0.759. The van der Waals surface area contributed by atoms with Crippen molar-refractivity contribution in [3.05, 3.63) is 24.2 Å². The highest BCUT2D eigenvalue weighted by molar-refractivity contribution is 5.91. The van der Waals surface area contributed by atoms with E-state index in [2.05, 4.69) is 0 Å². The van der Waals surface area contributed by atoms with Gasteiger partial charge >= 0.3 is 0 Å². The molecule has 0 spiro atoms. The molecule has 1 aromatic rings. The molecule has 1 atom stereocenters. The van der Waals surface area contributed by atoms with E-state index in [9.17, 15) is 4.79 Å². The topological polar surface area (TPSA) is 59.5 Å². The predicted molar refractivity (Wildman–Crippen MR) is 51.8 cm³/mol. The van der Waals surface area contributed by atoms with Gasteiger partial charge in [0.25, 0.3) is 5.91 Å². The molecule has 0 unspecified atom stereocenters. The molecule has 0 saturated carbocycles. The van der Waals surface area contributed by atoms with Crippen molar-refractivity contribution in [2.24, 2.45) is 5.73 Å². The highest BCUT2D eigenvalue weighted by Gasteiger charge is 2.29. The minimum Gasteiger partial charge on any atom is -0.459 e. The van der Waals surface area contributed by atoms with Crippen LogP contribution in [0.2, 0.25) is 0 Å². The van der Waals surface area contributed by atoms with Crippen LogP contribution in [0.25, 0.3) is 0 Å². The average molecular weight is 194 g/mol. The lowest BCUT2D eigenvalue weighted by molar-refractivity contribution is 0.0709. The van der Waals surface area contributed by atoms with Crippen molar-refractivity contribution < 1.29 is 9.21 Å². The second-order valence-corrected chi connectivity index (χ2v) is 3.51. The van der Waals surface area contributed by atoms with Gasteiger partial charge in [-0.25, -0.2) is 0 Å². The molecule has 0 aromatic carbocycles. The Morgan fingerprint density at radius 1 is 1.71 bits per heavy atom. The first-order chi connectivity index (χ1) is 6.83. The van der Waals surface area contributed by atoms with Crippen LogP contribution in [-0.4, -0.2) is 29.9 Å². The summed E-state index contributed by atoms with van der Waals surface area (Å²) in [5.74, 6) is 0.369. The second kappa shape index (κ2) is 3.84. The number of rotatable bonds is 2. The maximum absolute atomic E-state index is 11.9. The van der Waals surface area contributed by atoms with Gasteiger partial charge < -0.3 is 15.1 Å². The maximum Gasteiger partial charge on any atom is 0.289 e. The monoisotopic (exact) mass is 194 g/mol. The van der Waals surface area contributed by atoms with E-state index in [0.717, 1.165) is 19.4 Å². The van der Waals surface area contributed by atoms with E-state index in [-0.39, 0.29) is 11.9 Å². The highest BCUT2D eigenvalue weighted by atomic mass is 16.3. The molecule has 4 nitrogen and oxygen atoms in total. The fourth-order valence-electron chi connectivity index (χ4n) is 1.89. The normalized spacial score (nSPS) is 21.5. The van der Waals surface area contributed by atoms with Gasteiger partial charge in [0.1, 0.15) is 0 Å². The molecule has 0 aliphatic carbocycles. The molecule has 2 N–H and O–H groups in total. The SMILES string of the molecule is NC[C@H]1CCCN1C(=O)c1ccco1. The molecule has 1 aromatic heterocycles. The average Bonchev–Trinajstić information content (AvgIpc) is 2.87. The molecule has 4 heteroatoms. The van der Waals surface area contributed by atoms with E-state index in [1.54, 1.807) is 17.0 Å². The summed E-state index contributed by atoms with van der Waals surface area (Å²) < 4.78 is 5.07. The Morgan fingerprint density at radius 2 is 2.57 bits per heavy atom. The molecule has 0 radical (unpaired) electrons. The predicted octanol–water partition coefficient (Wildman–Crippen LogP) is 0.843. The molecule has 1 aliphatic heterocycles. The molecule has 2 rings (SSSR count). The summed E-state index contributed by atoms with van der Waals surface area (Å²) in [6.07, 6.45) is 3.55. The summed E-state index contributed by atoms with van der Waals surface area (Å²) in [5, 5.41) is 0. The summed E-state index contributed by atoms with van der Waals surface area (Å²) in [7, 11) is 0. The van der Waals surface area contributed by atoms with E-state index in [4.69, 9.17) is 10.2 Å². The first-order valence-electron chi connectivity index (χ1n) is 4.87. The Bertz CT molecular complexity index is 308. The number of nitrogens with zero attached hydrogens (tertiary/aromatic N) is 1. The third-order valence-corrected chi connectivity index (χ3v) is 2.64. The second-order valence-electron chi connectivity index (χ2n) is 3.51. The number of amides is 1. The van der Waals surface area contributed by atoms with E-state index >= 15 is 0 Å². The summed E-state index contributed by atoms with van der Waals surface area (Å²) in [5.41, 5.74) is 5.59. The molecule has 1 aliphatic rings. The van der Waals surface area contributed by atoms with Gasteiger partial charge in [-0.2, -0.15) is 0 Å². The van der Waals surface area contributed by atoms with E-state index in [1.165, 1.54) is 6.26 Å². The Labute approximate surface area is 82.7 Å². The van der Waals surface area contributed by atoms with Gasteiger partial charge in [0.05, 0.1) is 6.26 Å². The summed E-state index contributed by atoms with van der Waals surface area (Å²) in [6, 6.07) is 3.60. The number of hydrogen-bond acceptors (Lipinski definition) is 3. The van der Waals surface area contributed by atoms with Crippen LogP contribution in [0.1, 0.15) is 23.4 Å². The lowest BCUT2D eigenvalue weighted by atomic mass is 10.2. The van der Waals surface area contributed by atoms with E-state index in [0.29, 0.717) is 12.3 Å². The smallest absolute Gasteiger partial charge is 0.289 e. The molecule has 1 fully saturated rings. The van der Waals surface area contributed by atoms with Gasteiger partial charge in [0.2, 0.25) is 0 Å². The van der Waals surface area contributed by atoms with Gasteiger partial charge in [-0.3, -0.25) is 4.79 Å². The van der Waals surface area contributed by atoms with Crippen molar-refractivity contribution in [1.82, 2.24) is 4.90 Å². The molecule has 1 saturated heterocycles. The van der Waals surface area contributed by atoms with Crippen LogP contribution < -0.4 is 5.73 Å².